The summed E-state index contributed by atoms with van der Waals surface area (Å²) in [6.45, 7) is 2.28. The van der Waals surface area contributed by atoms with Gasteiger partial charge in [-0.05, 0) is 0 Å². The normalized spacial score (nSPS) is 10.4. The van der Waals surface area contributed by atoms with Crippen LogP contribution in [0.3, 0.4) is 0 Å². The third-order valence-electron chi connectivity index (χ3n) is 2.06. The van der Waals surface area contributed by atoms with E-state index in [1.807, 2.05) is 0 Å². The molecule has 0 nitrogen and oxygen atoms in total. The molecule has 0 aliphatic heterocycles. The van der Waals surface area contributed by atoms with Crippen LogP contribution >= 0.6 is 0 Å². The molecule has 0 rings (SSSR count). The van der Waals surface area contributed by atoms with Gasteiger partial charge in [0.1, 0.15) is 0 Å². The molecule has 1 heteroatoms. The summed E-state index contributed by atoms with van der Waals surface area (Å²) in [4.78, 5) is 0. The van der Waals surface area contributed by atoms with E-state index in [-0.39, 0.29) is 0 Å². The molecule has 0 amide bonds. The zero-order valence-electron chi connectivity index (χ0n) is 7.94. The van der Waals surface area contributed by atoms with Gasteiger partial charge in [-0.3, -0.25) is 0 Å². The molecule has 0 heterocycles. The average molecular weight is 349 g/mol. The van der Waals surface area contributed by atoms with Crippen molar-refractivity contribution in [2.75, 3.05) is 0 Å². The minimum absolute atomic E-state index is 1.24. The molecule has 66 valence electrons. The SMILES string of the molecule is CCCCCCCCC[CH2][PbH]. The second kappa shape index (κ2) is 10.9. The van der Waals surface area contributed by atoms with Crippen LogP contribution in [0.5, 0.6) is 0 Å². The van der Waals surface area contributed by atoms with Crippen molar-refractivity contribution in [2.24, 2.45) is 0 Å². The van der Waals surface area contributed by atoms with Gasteiger partial charge in [-0.25, -0.2) is 0 Å². The van der Waals surface area contributed by atoms with E-state index in [2.05, 4.69) is 6.92 Å². The first kappa shape index (κ1) is 11.9. The Morgan fingerprint density at radius 3 is 1.64 bits per heavy atom. The fraction of sp³-hybridized carbons (Fsp3) is 1.00. The molecule has 0 saturated heterocycles. The summed E-state index contributed by atoms with van der Waals surface area (Å²) in [6, 6.07) is 0. The van der Waals surface area contributed by atoms with Crippen molar-refractivity contribution in [3.8, 4) is 0 Å². The Morgan fingerprint density at radius 1 is 0.727 bits per heavy atom. The summed E-state index contributed by atoms with van der Waals surface area (Å²) in [5.74, 6) is 0. The third-order valence-corrected chi connectivity index (χ3v) is 3.64. The molecule has 0 aliphatic rings. The van der Waals surface area contributed by atoms with Gasteiger partial charge in [0.05, 0.1) is 0 Å². The van der Waals surface area contributed by atoms with E-state index in [1.54, 1.807) is 0 Å². The Labute approximate surface area is 87.8 Å². The number of hydrogen-bond donors (Lipinski definition) is 0. The van der Waals surface area contributed by atoms with Crippen LogP contribution in [0.25, 0.3) is 0 Å². The van der Waals surface area contributed by atoms with Crippen LogP contribution in [0.1, 0.15) is 58.3 Å². The van der Waals surface area contributed by atoms with Crippen LogP contribution < -0.4 is 0 Å². The van der Waals surface area contributed by atoms with E-state index in [0.717, 1.165) is 0 Å². The second-order valence-electron chi connectivity index (χ2n) is 3.26. The van der Waals surface area contributed by atoms with Crippen molar-refractivity contribution in [1.82, 2.24) is 0 Å². The molecule has 0 aromatic carbocycles. The minimum atomic E-state index is 1.24. The standard InChI is InChI=1S/C10H21.Pb.H/c1-3-5-7-9-10-8-6-4-2;;/h1,3-10H2,2H3;;. The molecule has 0 bridgehead atoms. The fourth-order valence-corrected chi connectivity index (χ4v) is 2.40. The van der Waals surface area contributed by atoms with Crippen molar-refractivity contribution in [3.63, 3.8) is 0 Å². The van der Waals surface area contributed by atoms with E-state index >= 15 is 0 Å². The number of unbranched alkanes of at least 4 members (excludes halogenated alkanes) is 7. The van der Waals surface area contributed by atoms with Crippen molar-refractivity contribution < 1.29 is 0 Å². The van der Waals surface area contributed by atoms with Gasteiger partial charge >= 0.3 is 88.0 Å². The van der Waals surface area contributed by atoms with Gasteiger partial charge in [0.2, 0.25) is 0 Å². The molecule has 0 N–H and O–H groups in total. The summed E-state index contributed by atoms with van der Waals surface area (Å²) in [7, 11) is 0. The molecule has 0 aromatic rings. The van der Waals surface area contributed by atoms with Gasteiger partial charge < -0.3 is 0 Å². The van der Waals surface area contributed by atoms with Crippen LogP contribution in [0.15, 0.2) is 0 Å². The summed E-state index contributed by atoms with van der Waals surface area (Å²) in [5, 5.41) is 0. The molecular weight excluding hydrogens is 327 g/mol. The van der Waals surface area contributed by atoms with E-state index in [9.17, 15) is 0 Å². The predicted octanol–water partition coefficient (Wildman–Crippen LogP) is 3.45. The van der Waals surface area contributed by atoms with Crippen LogP contribution in [0.2, 0.25) is 3.98 Å². The zero-order chi connectivity index (χ0) is 8.36. The Kier molecular flexibility index (Phi) is 11.8. The summed E-state index contributed by atoms with van der Waals surface area (Å²) in [5.41, 5.74) is 0. The van der Waals surface area contributed by atoms with Gasteiger partial charge in [-0.1, -0.05) is 0 Å². The van der Waals surface area contributed by atoms with Gasteiger partial charge in [0, 0.05) is 0 Å². The topological polar surface area (TPSA) is 0 Å². The molecule has 2 radical (unpaired) electrons. The first-order valence-electron chi connectivity index (χ1n) is 5.12. The first-order valence-corrected chi connectivity index (χ1v) is 8.29. The van der Waals surface area contributed by atoms with Crippen LogP contribution in [0, 0.1) is 0 Å². The third kappa shape index (κ3) is 10.9. The van der Waals surface area contributed by atoms with Crippen LogP contribution in [-0.2, 0) is 0 Å². The van der Waals surface area contributed by atoms with Crippen molar-refractivity contribution in [1.29, 1.82) is 0 Å². The van der Waals surface area contributed by atoms with Crippen molar-refractivity contribution in [2.45, 2.75) is 62.3 Å². The maximum atomic E-state index is 2.28. The molecule has 0 aliphatic carbocycles. The Morgan fingerprint density at radius 2 is 1.18 bits per heavy atom. The zero-order valence-corrected chi connectivity index (χ0v) is 12.4. The molecule has 0 atom stereocenters. The monoisotopic (exact) mass is 350 g/mol. The van der Waals surface area contributed by atoms with Gasteiger partial charge in [-0.15, -0.1) is 0 Å². The van der Waals surface area contributed by atoms with E-state index in [1.165, 1.54) is 81.1 Å². The van der Waals surface area contributed by atoms with E-state index in [4.69, 9.17) is 0 Å². The second-order valence-corrected chi connectivity index (χ2v) is 5.51. The number of rotatable bonds is 8. The van der Waals surface area contributed by atoms with Crippen LogP contribution in [0.4, 0.5) is 0 Å². The molecule has 0 saturated carbocycles. The molecule has 0 spiro atoms. The molecule has 0 fully saturated rings. The molecule has 11 heavy (non-hydrogen) atoms. The maximum absolute atomic E-state index is 2.28. The molecule has 0 unspecified atom stereocenters. The predicted molar refractivity (Wildman–Crippen MR) is 54.6 cm³/mol. The van der Waals surface area contributed by atoms with Gasteiger partial charge in [-0.2, -0.15) is 0 Å². The Hall–Kier alpha value is 0.922. The van der Waals surface area contributed by atoms with Gasteiger partial charge in [0.15, 0.2) is 0 Å². The van der Waals surface area contributed by atoms with E-state index < -0.39 is 0 Å². The summed E-state index contributed by atoms with van der Waals surface area (Å²) < 4.78 is 1.54. The first-order chi connectivity index (χ1) is 5.41. The van der Waals surface area contributed by atoms with Gasteiger partial charge in [0.25, 0.3) is 0 Å². The van der Waals surface area contributed by atoms with E-state index in [0.29, 0.717) is 0 Å². The summed E-state index contributed by atoms with van der Waals surface area (Å²) >= 11 is 1.24. The molecular formula is C10H22Pb. The van der Waals surface area contributed by atoms with Crippen molar-refractivity contribution in [3.05, 3.63) is 0 Å². The van der Waals surface area contributed by atoms with Crippen molar-refractivity contribution >= 4 is 25.8 Å². The molecule has 0 aromatic heterocycles. The average Bonchev–Trinajstić information content (AvgIpc) is 2.03. The summed E-state index contributed by atoms with van der Waals surface area (Å²) in [6.07, 6.45) is 11.8. The van der Waals surface area contributed by atoms with Crippen LogP contribution in [-0.4, -0.2) is 25.8 Å². The fourth-order valence-electron chi connectivity index (χ4n) is 1.28. The number of hydrogen-bond acceptors (Lipinski definition) is 0. The Balaban J connectivity index is 2.69. The Bertz CT molecular complexity index is 53.9. The quantitative estimate of drug-likeness (QED) is 0.465.